The molecular weight excluding hydrogens is 466 g/mol. The van der Waals surface area contributed by atoms with Gasteiger partial charge in [-0.3, -0.25) is 9.59 Å². The molecule has 9 heteroatoms. The molecule has 0 unspecified atom stereocenters. The largest absolute Gasteiger partial charge is 0.496 e. The SMILES string of the molecule is COc1ccccc1C(=O)N1CCN(c2ccc(NC(=O)CS(=O)(=O)c3ccccc3)cc2)CC1. The first-order valence-corrected chi connectivity index (χ1v) is 12.9. The standard InChI is InChI=1S/C26H27N3O5S/c1-34-24-10-6-5-9-23(24)26(31)29-17-15-28(16-18-29)21-13-11-20(12-14-21)27-25(30)19-35(32,33)22-7-3-2-4-8-22/h2-14H,15-19H2,1H3,(H,27,30). The molecular formula is C26H27N3O5S. The zero-order chi connectivity index (χ0) is 24.8. The number of anilines is 2. The van der Waals surface area contributed by atoms with Crippen molar-refractivity contribution >= 4 is 33.0 Å². The van der Waals surface area contributed by atoms with E-state index >= 15 is 0 Å². The number of para-hydroxylation sites is 1. The molecule has 4 rings (SSSR count). The van der Waals surface area contributed by atoms with Crippen LogP contribution in [0.4, 0.5) is 11.4 Å². The third kappa shape index (κ3) is 5.81. The summed E-state index contributed by atoms with van der Waals surface area (Å²) in [4.78, 5) is 29.3. The van der Waals surface area contributed by atoms with Crippen molar-refractivity contribution in [3.63, 3.8) is 0 Å². The van der Waals surface area contributed by atoms with Crippen molar-refractivity contribution in [3.8, 4) is 5.75 Å². The number of hydrogen-bond acceptors (Lipinski definition) is 6. The van der Waals surface area contributed by atoms with E-state index in [0.717, 1.165) is 5.69 Å². The van der Waals surface area contributed by atoms with E-state index in [-0.39, 0.29) is 10.8 Å². The average molecular weight is 494 g/mol. The van der Waals surface area contributed by atoms with Crippen molar-refractivity contribution in [2.45, 2.75) is 4.90 Å². The molecule has 0 bridgehead atoms. The first-order chi connectivity index (χ1) is 16.9. The molecule has 1 fully saturated rings. The molecule has 1 aliphatic heterocycles. The molecule has 1 N–H and O–H groups in total. The van der Waals surface area contributed by atoms with Gasteiger partial charge in [0.2, 0.25) is 5.91 Å². The highest BCUT2D eigenvalue weighted by molar-refractivity contribution is 7.92. The Labute approximate surface area is 205 Å². The van der Waals surface area contributed by atoms with Gasteiger partial charge in [0, 0.05) is 37.6 Å². The molecule has 0 spiro atoms. The summed E-state index contributed by atoms with van der Waals surface area (Å²) in [5.74, 6) is -0.703. The molecule has 3 aromatic rings. The predicted octanol–water partition coefficient (Wildman–Crippen LogP) is 3.07. The predicted molar refractivity (Wildman–Crippen MR) is 135 cm³/mol. The Morgan fingerprint density at radius 1 is 0.857 bits per heavy atom. The van der Waals surface area contributed by atoms with Crippen LogP contribution in [0.25, 0.3) is 0 Å². The monoisotopic (exact) mass is 493 g/mol. The molecule has 8 nitrogen and oxygen atoms in total. The van der Waals surface area contributed by atoms with E-state index in [2.05, 4.69) is 10.2 Å². The molecule has 1 saturated heterocycles. The van der Waals surface area contributed by atoms with Gasteiger partial charge in [-0.1, -0.05) is 30.3 Å². The second-order valence-electron chi connectivity index (χ2n) is 8.15. The van der Waals surface area contributed by atoms with Crippen molar-refractivity contribution in [1.29, 1.82) is 0 Å². The second kappa shape index (κ2) is 10.6. The molecule has 182 valence electrons. The number of nitrogens with one attached hydrogen (secondary N) is 1. The van der Waals surface area contributed by atoms with Gasteiger partial charge in [0.05, 0.1) is 17.6 Å². The highest BCUT2D eigenvalue weighted by Crippen LogP contribution is 2.23. The number of amides is 2. The molecule has 2 amide bonds. The molecule has 35 heavy (non-hydrogen) atoms. The van der Waals surface area contributed by atoms with E-state index in [1.54, 1.807) is 49.6 Å². The van der Waals surface area contributed by atoms with Gasteiger partial charge in [-0.25, -0.2) is 8.42 Å². The summed E-state index contributed by atoms with van der Waals surface area (Å²) in [5.41, 5.74) is 2.04. The molecule has 0 saturated carbocycles. The topological polar surface area (TPSA) is 96.0 Å². The van der Waals surface area contributed by atoms with Crippen LogP contribution in [-0.2, 0) is 14.6 Å². The van der Waals surface area contributed by atoms with E-state index in [9.17, 15) is 18.0 Å². The van der Waals surface area contributed by atoms with Crippen molar-refractivity contribution in [2.75, 3.05) is 49.3 Å². The normalized spacial score (nSPS) is 13.9. The summed E-state index contributed by atoms with van der Waals surface area (Å²) in [7, 11) is -2.15. The van der Waals surface area contributed by atoms with Gasteiger partial charge in [-0.2, -0.15) is 0 Å². The molecule has 3 aromatic carbocycles. The number of methoxy groups -OCH3 is 1. The third-order valence-corrected chi connectivity index (χ3v) is 7.48. The first kappa shape index (κ1) is 24.3. The van der Waals surface area contributed by atoms with Crippen LogP contribution in [-0.4, -0.2) is 64.2 Å². The molecule has 1 heterocycles. The summed E-state index contributed by atoms with van der Waals surface area (Å²) >= 11 is 0. The number of piperazine rings is 1. The summed E-state index contributed by atoms with van der Waals surface area (Å²) in [5, 5.41) is 2.65. The maximum Gasteiger partial charge on any atom is 0.257 e. The second-order valence-corrected chi connectivity index (χ2v) is 10.1. The zero-order valence-corrected chi connectivity index (χ0v) is 20.2. The van der Waals surface area contributed by atoms with Crippen LogP contribution in [0.5, 0.6) is 5.75 Å². The lowest BCUT2D eigenvalue weighted by atomic mass is 10.1. The van der Waals surface area contributed by atoms with Crippen molar-refractivity contribution in [2.24, 2.45) is 0 Å². The quantitative estimate of drug-likeness (QED) is 0.544. The van der Waals surface area contributed by atoms with Crippen LogP contribution in [0.1, 0.15) is 10.4 Å². The highest BCUT2D eigenvalue weighted by Gasteiger charge is 2.24. The minimum Gasteiger partial charge on any atom is -0.496 e. The minimum absolute atomic E-state index is 0.0504. The Kier molecular flexibility index (Phi) is 7.36. The van der Waals surface area contributed by atoms with E-state index < -0.39 is 21.5 Å². The Morgan fingerprint density at radius 2 is 1.49 bits per heavy atom. The highest BCUT2D eigenvalue weighted by atomic mass is 32.2. The summed E-state index contributed by atoms with van der Waals surface area (Å²) in [6.45, 7) is 2.49. The van der Waals surface area contributed by atoms with Crippen LogP contribution in [0.3, 0.4) is 0 Å². The summed E-state index contributed by atoms with van der Waals surface area (Å²) in [6, 6.07) is 22.4. The number of carbonyl (C=O) groups is 2. The number of nitrogens with zero attached hydrogens (tertiary/aromatic N) is 2. The lowest BCUT2D eigenvalue weighted by Gasteiger charge is -2.36. The van der Waals surface area contributed by atoms with Gasteiger partial charge >= 0.3 is 0 Å². The number of benzene rings is 3. The maximum atomic E-state index is 12.9. The fourth-order valence-corrected chi connectivity index (χ4v) is 5.15. The van der Waals surface area contributed by atoms with Gasteiger partial charge in [0.15, 0.2) is 9.84 Å². The van der Waals surface area contributed by atoms with Gasteiger partial charge < -0.3 is 19.9 Å². The molecule has 0 aliphatic carbocycles. The van der Waals surface area contributed by atoms with Crippen LogP contribution < -0.4 is 15.0 Å². The molecule has 0 aromatic heterocycles. The number of rotatable bonds is 7. The van der Waals surface area contributed by atoms with Gasteiger partial charge in [-0.05, 0) is 48.5 Å². The van der Waals surface area contributed by atoms with Crippen LogP contribution >= 0.6 is 0 Å². The smallest absolute Gasteiger partial charge is 0.257 e. The van der Waals surface area contributed by atoms with Crippen LogP contribution in [0.2, 0.25) is 0 Å². The fourth-order valence-electron chi connectivity index (χ4n) is 4.00. The zero-order valence-electron chi connectivity index (χ0n) is 19.4. The van der Waals surface area contributed by atoms with Crippen molar-refractivity contribution in [3.05, 3.63) is 84.4 Å². The maximum absolute atomic E-state index is 12.9. The number of sulfone groups is 1. The van der Waals surface area contributed by atoms with Crippen molar-refractivity contribution in [1.82, 2.24) is 4.90 Å². The first-order valence-electron chi connectivity index (χ1n) is 11.2. The molecule has 0 radical (unpaired) electrons. The Bertz CT molecular complexity index is 1290. The van der Waals surface area contributed by atoms with E-state index in [1.807, 2.05) is 29.2 Å². The van der Waals surface area contributed by atoms with E-state index in [4.69, 9.17) is 4.74 Å². The summed E-state index contributed by atoms with van der Waals surface area (Å²) < 4.78 is 30.1. The number of hydrogen-bond donors (Lipinski definition) is 1. The van der Waals surface area contributed by atoms with E-state index in [1.165, 1.54) is 12.1 Å². The van der Waals surface area contributed by atoms with Gasteiger partial charge in [0.1, 0.15) is 11.5 Å². The number of carbonyl (C=O) groups excluding carboxylic acids is 2. The molecule has 1 aliphatic rings. The Hall–Kier alpha value is -3.85. The van der Waals surface area contributed by atoms with E-state index in [0.29, 0.717) is 43.2 Å². The summed E-state index contributed by atoms with van der Waals surface area (Å²) in [6.07, 6.45) is 0. The van der Waals surface area contributed by atoms with Crippen LogP contribution in [0, 0.1) is 0 Å². The Morgan fingerprint density at radius 3 is 2.14 bits per heavy atom. The average Bonchev–Trinajstić information content (AvgIpc) is 2.89. The molecule has 0 atom stereocenters. The third-order valence-electron chi connectivity index (χ3n) is 5.84. The lowest BCUT2D eigenvalue weighted by Crippen LogP contribution is -2.48. The van der Waals surface area contributed by atoms with Crippen molar-refractivity contribution < 1.29 is 22.7 Å². The van der Waals surface area contributed by atoms with Crippen LogP contribution in [0.15, 0.2) is 83.8 Å². The lowest BCUT2D eigenvalue weighted by molar-refractivity contribution is -0.113. The van der Waals surface area contributed by atoms with Gasteiger partial charge in [-0.15, -0.1) is 0 Å². The minimum atomic E-state index is -3.70. The number of ether oxygens (including phenoxy) is 1. The van der Waals surface area contributed by atoms with Gasteiger partial charge in [0.25, 0.3) is 5.91 Å². The Balaban J connectivity index is 1.32. The fraction of sp³-hybridized carbons (Fsp3) is 0.231.